The minimum Gasteiger partial charge on any atom is -0.311 e. The fraction of sp³-hybridized carbons (Fsp3) is 0.556. The molecule has 72 valence electrons. The molecule has 0 aliphatic carbocycles. The molecule has 0 aliphatic heterocycles. The number of anilines is 1. The molecule has 0 saturated carbocycles. The summed E-state index contributed by atoms with van der Waals surface area (Å²) in [6.45, 7) is 4.20. The normalized spacial score (nSPS) is 10.4. The van der Waals surface area contributed by atoms with Gasteiger partial charge in [0.25, 0.3) is 0 Å². The van der Waals surface area contributed by atoms with E-state index in [1.54, 1.807) is 12.3 Å². The summed E-state index contributed by atoms with van der Waals surface area (Å²) in [6, 6.07) is 1.73. The molecule has 1 aromatic rings. The van der Waals surface area contributed by atoms with Crippen LogP contribution in [0.3, 0.4) is 0 Å². The molecule has 1 rings (SSSR count). The number of hydrogen-bond donors (Lipinski definition) is 2. The maximum absolute atomic E-state index is 11.3. The van der Waals surface area contributed by atoms with E-state index < -0.39 is 0 Å². The molecule has 0 unspecified atom stereocenters. The third kappa shape index (κ3) is 3.73. The van der Waals surface area contributed by atoms with Crippen molar-refractivity contribution in [3.63, 3.8) is 0 Å². The van der Waals surface area contributed by atoms with Gasteiger partial charge in [-0.25, -0.2) is 0 Å². The van der Waals surface area contributed by atoms with Crippen molar-refractivity contribution in [2.45, 2.75) is 26.7 Å². The van der Waals surface area contributed by atoms with Gasteiger partial charge in [-0.15, -0.1) is 0 Å². The lowest BCUT2D eigenvalue weighted by molar-refractivity contribution is -0.116. The highest BCUT2D eigenvalue weighted by molar-refractivity contribution is 5.89. The second-order valence-electron chi connectivity index (χ2n) is 3.45. The van der Waals surface area contributed by atoms with Crippen LogP contribution in [0.4, 0.5) is 5.82 Å². The van der Waals surface area contributed by atoms with Gasteiger partial charge < -0.3 is 5.32 Å². The van der Waals surface area contributed by atoms with Gasteiger partial charge in [0.2, 0.25) is 5.91 Å². The van der Waals surface area contributed by atoms with E-state index in [0.717, 1.165) is 6.42 Å². The summed E-state index contributed by atoms with van der Waals surface area (Å²) in [4.78, 5) is 11.3. The number of nitrogens with zero attached hydrogens (tertiary/aromatic N) is 1. The lowest BCUT2D eigenvalue weighted by Crippen LogP contribution is -2.12. The molecule has 0 aromatic carbocycles. The largest absolute Gasteiger partial charge is 0.311 e. The maximum Gasteiger partial charge on any atom is 0.225 e. The van der Waals surface area contributed by atoms with E-state index >= 15 is 0 Å². The van der Waals surface area contributed by atoms with Crippen molar-refractivity contribution in [1.82, 2.24) is 10.2 Å². The number of H-pyrrole nitrogens is 1. The molecule has 0 atom stereocenters. The standard InChI is InChI=1S/C9H15N3O/c1-7(2)3-4-9(13)11-8-5-6-10-12-8/h5-7H,3-4H2,1-2H3,(H2,10,11,12,13). The van der Waals surface area contributed by atoms with Crippen LogP contribution in [0.15, 0.2) is 12.3 Å². The first-order chi connectivity index (χ1) is 6.18. The van der Waals surface area contributed by atoms with Crippen LogP contribution in [0.1, 0.15) is 26.7 Å². The van der Waals surface area contributed by atoms with E-state index in [4.69, 9.17) is 0 Å². The molecule has 1 aromatic heterocycles. The molecule has 1 amide bonds. The Morgan fingerprint density at radius 3 is 3.00 bits per heavy atom. The summed E-state index contributed by atoms with van der Waals surface area (Å²) in [5.41, 5.74) is 0. The van der Waals surface area contributed by atoms with Gasteiger partial charge in [0, 0.05) is 12.5 Å². The highest BCUT2D eigenvalue weighted by atomic mass is 16.1. The van der Waals surface area contributed by atoms with E-state index in [0.29, 0.717) is 18.2 Å². The molecule has 0 fully saturated rings. The van der Waals surface area contributed by atoms with Crippen LogP contribution in [0, 0.1) is 5.92 Å². The zero-order valence-electron chi connectivity index (χ0n) is 8.00. The second kappa shape index (κ2) is 4.64. The van der Waals surface area contributed by atoms with Crippen LogP contribution < -0.4 is 5.32 Å². The van der Waals surface area contributed by atoms with Crippen LogP contribution in [0.5, 0.6) is 0 Å². The molecule has 0 bridgehead atoms. The molecular formula is C9H15N3O. The fourth-order valence-corrected chi connectivity index (χ4v) is 0.958. The van der Waals surface area contributed by atoms with Gasteiger partial charge in [-0.3, -0.25) is 9.89 Å². The third-order valence-electron chi connectivity index (χ3n) is 1.72. The lowest BCUT2D eigenvalue weighted by Gasteiger charge is -2.04. The predicted octanol–water partition coefficient (Wildman–Crippen LogP) is 1.78. The van der Waals surface area contributed by atoms with Gasteiger partial charge in [-0.2, -0.15) is 5.10 Å². The molecule has 2 N–H and O–H groups in total. The molecule has 0 spiro atoms. The van der Waals surface area contributed by atoms with Crippen molar-refractivity contribution < 1.29 is 4.79 Å². The summed E-state index contributed by atoms with van der Waals surface area (Å²) in [7, 11) is 0. The van der Waals surface area contributed by atoms with Gasteiger partial charge in [0.05, 0.1) is 6.20 Å². The Balaban J connectivity index is 2.26. The maximum atomic E-state index is 11.3. The van der Waals surface area contributed by atoms with Gasteiger partial charge in [0.1, 0.15) is 5.82 Å². The van der Waals surface area contributed by atoms with Crippen molar-refractivity contribution in [2.24, 2.45) is 5.92 Å². The van der Waals surface area contributed by atoms with Crippen LogP contribution in [-0.4, -0.2) is 16.1 Å². The van der Waals surface area contributed by atoms with E-state index in [2.05, 4.69) is 29.4 Å². The van der Waals surface area contributed by atoms with Gasteiger partial charge in [-0.05, 0) is 12.3 Å². The molecule has 1 heterocycles. The average molecular weight is 181 g/mol. The number of aromatic nitrogens is 2. The Bertz CT molecular complexity index is 254. The Labute approximate surface area is 77.7 Å². The lowest BCUT2D eigenvalue weighted by atomic mass is 10.1. The zero-order valence-corrected chi connectivity index (χ0v) is 8.00. The third-order valence-corrected chi connectivity index (χ3v) is 1.72. The number of hydrogen-bond acceptors (Lipinski definition) is 2. The number of amides is 1. The Morgan fingerprint density at radius 1 is 1.69 bits per heavy atom. The molecule has 13 heavy (non-hydrogen) atoms. The van der Waals surface area contributed by atoms with Crippen LogP contribution in [0.2, 0.25) is 0 Å². The van der Waals surface area contributed by atoms with E-state index in [1.807, 2.05) is 0 Å². The number of aromatic amines is 1. The molecule has 0 saturated heterocycles. The predicted molar refractivity (Wildman–Crippen MR) is 51.3 cm³/mol. The fourth-order valence-electron chi connectivity index (χ4n) is 0.958. The average Bonchev–Trinajstić information content (AvgIpc) is 2.53. The van der Waals surface area contributed by atoms with Crippen LogP contribution in [-0.2, 0) is 4.79 Å². The summed E-state index contributed by atoms with van der Waals surface area (Å²) in [6.07, 6.45) is 3.09. The minimum atomic E-state index is 0.0398. The van der Waals surface area contributed by atoms with Gasteiger partial charge >= 0.3 is 0 Å². The summed E-state index contributed by atoms with van der Waals surface area (Å²) in [5, 5.41) is 9.12. The summed E-state index contributed by atoms with van der Waals surface area (Å²) < 4.78 is 0. The van der Waals surface area contributed by atoms with Crippen molar-refractivity contribution >= 4 is 11.7 Å². The van der Waals surface area contributed by atoms with Crippen molar-refractivity contribution in [3.8, 4) is 0 Å². The smallest absolute Gasteiger partial charge is 0.225 e. The Morgan fingerprint density at radius 2 is 2.46 bits per heavy atom. The monoisotopic (exact) mass is 181 g/mol. The number of carbonyl (C=O) groups is 1. The highest BCUT2D eigenvalue weighted by Crippen LogP contribution is 2.05. The molecule has 4 nitrogen and oxygen atoms in total. The first kappa shape index (κ1) is 9.77. The Hall–Kier alpha value is -1.32. The minimum absolute atomic E-state index is 0.0398. The zero-order chi connectivity index (χ0) is 9.68. The van der Waals surface area contributed by atoms with E-state index in [9.17, 15) is 4.79 Å². The Kier molecular flexibility index (Phi) is 3.49. The first-order valence-corrected chi connectivity index (χ1v) is 4.47. The number of carbonyl (C=O) groups excluding carboxylic acids is 1. The van der Waals surface area contributed by atoms with Crippen LogP contribution in [0.25, 0.3) is 0 Å². The molecular weight excluding hydrogens is 166 g/mol. The SMILES string of the molecule is CC(C)CCC(=O)Nc1ccn[nH]1. The van der Waals surface area contributed by atoms with E-state index in [-0.39, 0.29) is 5.91 Å². The van der Waals surface area contributed by atoms with E-state index in [1.165, 1.54) is 0 Å². The van der Waals surface area contributed by atoms with Gasteiger partial charge in [-0.1, -0.05) is 13.8 Å². The summed E-state index contributed by atoms with van der Waals surface area (Å²) in [5.74, 6) is 1.26. The number of nitrogens with one attached hydrogen (secondary N) is 2. The second-order valence-corrected chi connectivity index (χ2v) is 3.45. The first-order valence-electron chi connectivity index (χ1n) is 4.47. The van der Waals surface area contributed by atoms with Crippen molar-refractivity contribution in [2.75, 3.05) is 5.32 Å². The van der Waals surface area contributed by atoms with Crippen molar-refractivity contribution in [1.29, 1.82) is 0 Å². The summed E-state index contributed by atoms with van der Waals surface area (Å²) >= 11 is 0. The van der Waals surface area contributed by atoms with Crippen LogP contribution >= 0.6 is 0 Å². The highest BCUT2D eigenvalue weighted by Gasteiger charge is 2.03. The van der Waals surface area contributed by atoms with Crippen molar-refractivity contribution in [3.05, 3.63) is 12.3 Å². The molecule has 0 radical (unpaired) electrons. The molecule has 0 aliphatic rings. The van der Waals surface area contributed by atoms with Gasteiger partial charge in [0.15, 0.2) is 0 Å². The molecule has 4 heteroatoms. The quantitative estimate of drug-likeness (QED) is 0.743. The number of rotatable bonds is 4. The topological polar surface area (TPSA) is 57.8 Å².